The molecule has 1 saturated heterocycles. The summed E-state index contributed by atoms with van der Waals surface area (Å²) in [7, 11) is 0. The van der Waals surface area contributed by atoms with Crippen molar-refractivity contribution in [1.29, 1.82) is 0 Å². The lowest BCUT2D eigenvalue weighted by atomic mass is 9.78. The van der Waals surface area contributed by atoms with Crippen LogP contribution >= 0.6 is 0 Å². The van der Waals surface area contributed by atoms with E-state index < -0.39 is 5.41 Å². The van der Waals surface area contributed by atoms with Crippen LogP contribution in [0, 0.1) is 11.3 Å². The van der Waals surface area contributed by atoms with Gasteiger partial charge in [0.25, 0.3) is 5.91 Å². The summed E-state index contributed by atoms with van der Waals surface area (Å²) in [4.78, 5) is 32.5. The second-order valence-corrected chi connectivity index (χ2v) is 8.91. The number of hydrogen-bond donors (Lipinski definition) is 2. The van der Waals surface area contributed by atoms with E-state index >= 15 is 0 Å². The average molecular weight is 432 g/mol. The molecule has 0 spiro atoms. The number of H-pyrrole nitrogens is 1. The van der Waals surface area contributed by atoms with Crippen LogP contribution in [0.2, 0.25) is 0 Å². The molecule has 1 aromatic carbocycles. The van der Waals surface area contributed by atoms with E-state index in [1.54, 1.807) is 23.4 Å². The van der Waals surface area contributed by atoms with Crippen LogP contribution in [0.5, 0.6) is 0 Å². The van der Waals surface area contributed by atoms with Crippen molar-refractivity contribution in [3.63, 3.8) is 0 Å². The topological polar surface area (TPSA) is 91.0 Å². The van der Waals surface area contributed by atoms with Gasteiger partial charge in [-0.3, -0.25) is 19.7 Å². The summed E-state index contributed by atoms with van der Waals surface area (Å²) in [5.74, 6) is 0.233. The zero-order chi connectivity index (χ0) is 22.6. The number of amides is 2. The molecule has 1 fully saturated rings. The minimum Gasteiger partial charge on any atom is -0.355 e. The van der Waals surface area contributed by atoms with Crippen LogP contribution in [0.3, 0.4) is 0 Å². The lowest BCUT2D eigenvalue weighted by molar-refractivity contribution is -0.130. The normalized spacial score (nSPS) is 18.2. The van der Waals surface area contributed by atoms with Gasteiger partial charge in [-0.1, -0.05) is 44.2 Å². The standard InChI is InChI=1S/C25H29N5O2/c1-18(2)15-27-24(32)25(10-13-30(17-25)23(31)22-9-12-28-29-22)14-19-6-3-4-8-21(19)20-7-5-11-26-16-20/h3-9,11-12,16,18H,10,13-15,17H2,1-2H3,(H,27,32)(H,28,29)/t25-/m1/s1. The Hall–Kier alpha value is -3.48. The average Bonchev–Trinajstić information content (AvgIpc) is 3.49. The van der Waals surface area contributed by atoms with Gasteiger partial charge in [0.05, 0.1) is 5.41 Å². The summed E-state index contributed by atoms with van der Waals surface area (Å²) in [6.07, 6.45) is 6.32. The van der Waals surface area contributed by atoms with E-state index in [1.807, 2.05) is 30.5 Å². The van der Waals surface area contributed by atoms with Gasteiger partial charge in [-0.2, -0.15) is 5.10 Å². The highest BCUT2D eigenvalue weighted by atomic mass is 16.2. The van der Waals surface area contributed by atoms with E-state index in [0.29, 0.717) is 44.1 Å². The van der Waals surface area contributed by atoms with E-state index in [0.717, 1.165) is 16.7 Å². The van der Waals surface area contributed by atoms with Gasteiger partial charge in [0.15, 0.2) is 0 Å². The molecule has 0 unspecified atom stereocenters. The Morgan fingerprint density at radius 2 is 2.00 bits per heavy atom. The van der Waals surface area contributed by atoms with Crippen LogP contribution in [0.25, 0.3) is 11.1 Å². The highest BCUT2D eigenvalue weighted by Gasteiger charge is 2.46. The lowest BCUT2D eigenvalue weighted by Gasteiger charge is -2.29. The fourth-order valence-corrected chi connectivity index (χ4v) is 4.33. The van der Waals surface area contributed by atoms with Crippen molar-refractivity contribution in [3.8, 4) is 11.1 Å². The summed E-state index contributed by atoms with van der Waals surface area (Å²) in [6.45, 7) is 5.66. The summed E-state index contributed by atoms with van der Waals surface area (Å²) < 4.78 is 0. The van der Waals surface area contributed by atoms with Crippen molar-refractivity contribution in [1.82, 2.24) is 25.4 Å². The quantitative estimate of drug-likeness (QED) is 0.600. The van der Waals surface area contributed by atoms with Gasteiger partial charge < -0.3 is 10.2 Å². The molecule has 1 aliphatic heterocycles. The Bertz CT molecular complexity index is 1060. The van der Waals surface area contributed by atoms with Gasteiger partial charge in [0.1, 0.15) is 5.69 Å². The Balaban J connectivity index is 1.64. The molecule has 7 heteroatoms. The fraction of sp³-hybridized carbons (Fsp3) is 0.360. The molecule has 7 nitrogen and oxygen atoms in total. The van der Waals surface area contributed by atoms with Crippen LogP contribution in [0.4, 0.5) is 0 Å². The van der Waals surface area contributed by atoms with Crippen molar-refractivity contribution < 1.29 is 9.59 Å². The minimum atomic E-state index is -0.692. The first-order valence-corrected chi connectivity index (χ1v) is 11.0. The Morgan fingerprint density at radius 1 is 1.16 bits per heavy atom. The maximum atomic E-state index is 13.5. The molecule has 3 aromatic rings. The van der Waals surface area contributed by atoms with Gasteiger partial charge >= 0.3 is 0 Å². The Labute approximate surface area is 188 Å². The number of aromatic nitrogens is 3. The minimum absolute atomic E-state index is 0.00657. The maximum absolute atomic E-state index is 13.5. The monoisotopic (exact) mass is 431 g/mol. The molecule has 1 atom stereocenters. The van der Waals surface area contributed by atoms with Crippen molar-refractivity contribution in [2.24, 2.45) is 11.3 Å². The number of carbonyl (C=O) groups excluding carboxylic acids is 2. The summed E-state index contributed by atoms with van der Waals surface area (Å²) in [5.41, 5.74) is 2.91. The van der Waals surface area contributed by atoms with Crippen molar-refractivity contribution in [2.45, 2.75) is 26.7 Å². The van der Waals surface area contributed by atoms with Crippen molar-refractivity contribution in [3.05, 3.63) is 72.3 Å². The fourth-order valence-electron chi connectivity index (χ4n) is 4.33. The van der Waals surface area contributed by atoms with Crippen LogP contribution < -0.4 is 5.32 Å². The molecule has 0 radical (unpaired) electrons. The van der Waals surface area contributed by atoms with E-state index in [9.17, 15) is 9.59 Å². The van der Waals surface area contributed by atoms with Gasteiger partial charge in [-0.05, 0) is 42.0 Å². The number of aromatic amines is 1. The van der Waals surface area contributed by atoms with Crippen LogP contribution in [-0.2, 0) is 11.2 Å². The first kappa shape index (κ1) is 21.7. The van der Waals surface area contributed by atoms with Crippen LogP contribution in [0.15, 0.2) is 61.1 Å². The molecule has 1 aliphatic rings. The summed E-state index contributed by atoms with van der Waals surface area (Å²) in [6, 6.07) is 13.7. The highest BCUT2D eigenvalue weighted by molar-refractivity contribution is 5.93. The van der Waals surface area contributed by atoms with Gasteiger partial charge in [0, 0.05) is 43.8 Å². The number of rotatable bonds is 7. The number of benzene rings is 1. The van der Waals surface area contributed by atoms with E-state index in [-0.39, 0.29) is 11.8 Å². The molecule has 2 N–H and O–H groups in total. The highest BCUT2D eigenvalue weighted by Crippen LogP contribution is 2.38. The number of nitrogens with zero attached hydrogens (tertiary/aromatic N) is 3. The second-order valence-electron chi connectivity index (χ2n) is 8.91. The molecule has 3 heterocycles. The molecule has 166 valence electrons. The Morgan fingerprint density at radius 3 is 2.72 bits per heavy atom. The molecule has 0 bridgehead atoms. The first-order chi connectivity index (χ1) is 15.5. The zero-order valence-corrected chi connectivity index (χ0v) is 18.5. The molecular formula is C25H29N5O2. The lowest BCUT2D eigenvalue weighted by Crippen LogP contribution is -2.46. The molecule has 0 saturated carbocycles. The van der Waals surface area contributed by atoms with Crippen molar-refractivity contribution >= 4 is 11.8 Å². The number of hydrogen-bond acceptors (Lipinski definition) is 4. The molecule has 0 aliphatic carbocycles. The molecule has 2 aromatic heterocycles. The summed E-state index contributed by atoms with van der Waals surface area (Å²) >= 11 is 0. The number of nitrogens with one attached hydrogen (secondary N) is 2. The Kier molecular flexibility index (Phi) is 6.35. The van der Waals surface area contributed by atoms with E-state index in [1.165, 1.54) is 0 Å². The number of pyridine rings is 1. The molecular weight excluding hydrogens is 402 g/mol. The third kappa shape index (κ3) is 4.56. The van der Waals surface area contributed by atoms with E-state index in [2.05, 4.69) is 46.5 Å². The SMILES string of the molecule is CC(C)CNC(=O)[C@@]1(Cc2ccccc2-c2cccnc2)CCN(C(=O)c2ccn[nH]2)C1. The van der Waals surface area contributed by atoms with Gasteiger partial charge in [0.2, 0.25) is 5.91 Å². The van der Waals surface area contributed by atoms with Crippen LogP contribution in [-0.4, -0.2) is 51.5 Å². The predicted octanol–water partition coefficient (Wildman–Crippen LogP) is 3.32. The predicted molar refractivity (Wildman–Crippen MR) is 123 cm³/mol. The third-order valence-corrected chi connectivity index (χ3v) is 6.04. The molecule has 32 heavy (non-hydrogen) atoms. The first-order valence-electron chi connectivity index (χ1n) is 11.0. The largest absolute Gasteiger partial charge is 0.355 e. The van der Waals surface area contributed by atoms with Gasteiger partial charge in [-0.15, -0.1) is 0 Å². The zero-order valence-electron chi connectivity index (χ0n) is 18.5. The smallest absolute Gasteiger partial charge is 0.271 e. The van der Waals surface area contributed by atoms with E-state index in [4.69, 9.17) is 0 Å². The van der Waals surface area contributed by atoms with Crippen molar-refractivity contribution in [2.75, 3.05) is 19.6 Å². The third-order valence-electron chi connectivity index (χ3n) is 6.04. The number of likely N-dealkylation sites (tertiary alicyclic amines) is 1. The maximum Gasteiger partial charge on any atom is 0.271 e. The summed E-state index contributed by atoms with van der Waals surface area (Å²) in [5, 5.41) is 9.76. The second kappa shape index (κ2) is 9.34. The molecule has 4 rings (SSSR count). The molecule has 2 amide bonds. The number of carbonyl (C=O) groups is 2. The van der Waals surface area contributed by atoms with Gasteiger partial charge in [-0.25, -0.2) is 0 Å². The van der Waals surface area contributed by atoms with Crippen LogP contribution in [0.1, 0.15) is 36.3 Å².